The van der Waals surface area contributed by atoms with Gasteiger partial charge < -0.3 is 9.47 Å². The zero-order valence-electron chi connectivity index (χ0n) is 10.2. The van der Waals surface area contributed by atoms with E-state index in [9.17, 15) is 0 Å². The molecule has 2 aromatic rings. The minimum Gasteiger partial charge on any atom is -0.335 e. The predicted octanol–water partition coefficient (Wildman–Crippen LogP) is 2.66. The van der Waals surface area contributed by atoms with Gasteiger partial charge in [0.1, 0.15) is 0 Å². The highest BCUT2D eigenvalue weighted by atomic mass is 16.7. The number of hydrogen-bond donors (Lipinski definition) is 1. The molecular formula is C15H17NO2. The molecule has 0 fully saturated rings. The first-order chi connectivity index (χ1) is 8.84. The average molecular weight is 243 g/mol. The van der Waals surface area contributed by atoms with Crippen molar-refractivity contribution in [3.63, 3.8) is 0 Å². The van der Waals surface area contributed by atoms with Crippen LogP contribution in [0.2, 0.25) is 0 Å². The van der Waals surface area contributed by atoms with Crippen LogP contribution >= 0.6 is 0 Å². The lowest BCUT2D eigenvalue weighted by Crippen LogP contribution is -2.26. The lowest BCUT2D eigenvalue weighted by atomic mass is 10.2. The van der Waals surface area contributed by atoms with E-state index in [1.807, 2.05) is 60.7 Å². The molecule has 3 heteroatoms. The molecule has 3 nitrogen and oxygen atoms in total. The summed E-state index contributed by atoms with van der Waals surface area (Å²) in [6.45, 7) is 0.910. The maximum absolute atomic E-state index is 5.72. The first-order valence-corrected chi connectivity index (χ1v) is 5.91. The third-order valence-corrected chi connectivity index (χ3v) is 2.51. The van der Waals surface area contributed by atoms with Crippen molar-refractivity contribution in [1.82, 2.24) is 0 Å². The maximum atomic E-state index is 5.72. The maximum Gasteiger partial charge on any atom is 0.214 e. The van der Waals surface area contributed by atoms with Gasteiger partial charge in [-0.15, -0.1) is 0 Å². The van der Waals surface area contributed by atoms with E-state index in [0.29, 0.717) is 13.2 Å². The highest BCUT2D eigenvalue weighted by Crippen LogP contribution is 2.05. The molecule has 0 unspecified atom stereocenters. The Balaban J connectivity index is 1.71. The SMILES string of the molecule is NC(OCc1ccccc1)OCc1ccccc1. The number of hydrogen-bond acceptors (Lipinski definition) is 3. The van der Waals surface area contributed by atoms with Crippen molar-refractivity contribution in [2.45, 2.75) is 19.6 Å². The smallest absolute Gasteiger partial charge is 0.214 e. The van der Waals surface area contributed by atoms with Gasteiger partial charge in [-0.1, -0.05) is 60.7 Å². The molecule has 18 heavy (non-hydrogen) atoms. The summed E-state index contributed by atoms with van der Waals surface area (Å²) in [6, 6.07) is 19.8. The lowest BCUT2D eigenvalue weighted by Gasteiger charge is -2.14. The molecule has 2 aromatic carbocycles. The predicted molar refractivity (Wildman–Crippen MR) is 70.4 cm³/mol. The van der Waals surface area contributed by atoms with Crippen molar-refractivity contribution >= 4 is 0 Å². The quantitative estimate of drug-likeness (QED) is 0.793. The van der Waals surface area contributed by atoms with Gasteiger partial charge in [0.15, 0.2) is 0 Å². The molecule has 0 bridgehead atoms. The summed E-state index contributed by atoms with van der Waals surface area (Å²) in [4.78, 5) is 0. The van der Waals surface area contributed by atoms with Gasteiger partial charge in [0, 0.05) is 0 Å². The first kappa shape index (κ1) is 12.8. The van der Waals surface area contributed by atoms with Crippen molar-refractivity contribution < 1.29 is 9.47 Å². The molecule has 0 heterocycles. The molecule has 2 rings (SSSR count). The lowest BCUT2D eigenvalue weighted by molar-refractivity contribution is -0.152. The van der Waals surface area contributed by atoms with Gasteiger partial charge >= 0.3 is 0 Å². The standard InChI is InChI=1S/C15H17NO2/c16-15(17-11-13-7-3-1-4-8-13)18-12-14-9-5-2-6-10-14/h1-10,15H,11-12,16H2. The second-order valence-electron chi connectivity index (χ2n) is 3.96. The zero-order valence-corrected chi connectivity index (χ0v) is 10.2. The van der Waals surface area contributed by atoms with Gasteiger partial charge in [0.2, 0.25) is 6.41 Å². The van der Waals surface area contributed by atoms with Crippen molar-refractivity contribution in [1.29, 1.82) is 0 Å². The fourth-order valence-electron chi connectivity index (χ4n) is 1.55. The molecule has 0 aromatic heterocycles. The van der Waals surface area contributed by atoms with Gasteiger partial charge in [-0.25, -0.2) is 0 Å². The number of benzene rings is 2. The van der Waals surface area contributed by atoms with Crippen LogP contribution in [0.25, 0.3) is 0 Å². The van der Waals surface area contributed by atoms with E-state index < -0.39 is 6.41 Å². The Hall–Kier alpha value is -1.68. The van der Waals surface area contributed by atoms with Crippen molar-refractivity contribution in [2.24, 2.45) is 5.73 Å². The normalized spacial score (nSPS) is 10.8. The molecule has 2 N–H and O–H groups in total. The van der Waals surface area contributed by atoms with Gasteiger partial charge in [-0.3, -0.25) is 5.73 Å². The van der Waals surface area contributed by atoms with Crippen LogP contribution < -0.4 is 5.73 Å². The monoisotopic (exact) mass is 243 g/mol. The second-order valence-corrected chi connectivity index (χ2v) is 3.96. The molecule has 94 valence electrons. The Morgan fingerprint density at radius 1 is 0.722 bits per heavy atom. The third-order valence-electron chi connectivity index (χ3n) is 2.51. The number of nitrogens with two attached hydrogens (primary N) is 1. The van der Waals surface area contributed by atoms with Crippen LogP contribution in [0.1, 0.15) is 11.1 Å². The summed E-state index contributed by atoms with van der Waals surface area (Å²) >= 11 is 0. The Labute approximate surface area is 107 Å². The minimum atomic E-state index is -0.703. The van der Waals surface area contributed by atoms with E-state index in [4.69, 9.17) is 15.2 Å². The highest BCUT2D eigenvalue weighted by Gasteiger charge is 2.03. The summed E-state index contributed by atoms with van der Waals surface area (Å²) in [7, 11) is 0. The fraction of sp³-hybridized carbons (Fsp3) is 0.200. The van der Waals surface area contributed by atoms with Crippen LogP contribution in [0, 0.1) is 0 Å². The molecule has 0 aliphatic heterocycles. The molecular weight excluding hydrogens is 226 g/mol. The van der Waals surface area contributed by atoms with Crippen LogP contribution in [0.3, 0.4) is 0 Å². The Bertz CT molecular complexity index is 401. The summed E-state index contributed by atoms with van der Waals surface area (Å²) in [5, 5.41) is 0. The minimum absolute atomic E-state index is 0.455. The summed E-state index contributed by atoms with van der Waals surface area (Å²) in [5.41, 5.74) is 7.88. The van der Waals surface area contributed by atoms with E-state index in [1.165, 1.54) is 0 Å². The summed E-state index contributed by atoms with van der Waals surface area (Å²) in [5.74, 6) is 0. The average Bonchev–Trinajstić information content (AvgIpc) is 2.45. The van der Waals surface area contributed by atoms with E-state index in [0.717, 1.165) is 11.1 Å². The van der Waals surface area contributed by atoms with E-state index in [-0.39, 0.29) is 0 Å². The molecule has 0 aliphatic rings. The second kappa shape index (κ2) is 6.91. The summed E-state index contributed by atoms with van der Waals surface area (Å²) < 4.78 is 10.8. The first-order valence-electron chi connectivity index (χ1n) is 5.91. The van der Waals surface area contributed by atoms with Gasteiger partial charge in [-0.05, 0) is 11.1 Å². The topological polar surface area (TPSA) is 44.5 Å². The van der Waals surface area contributed by atoms with E-state index >= 15 is 0 Å². The van der Waals surface area contributed by atoms with Crippen LogP contribution in [0.15, 0.2) is 60.7 Å². The molecule has 0 spiro atoms. The van der Waals surface area contributed by atoms with Crippen molar-refractivity contribution in [3.05, 3.63) is 71.8 Å². The van der Waals surface area contributed by atoms with E-state index in [2.05, 4.69) is 0 Å². The van der Waals surface area contributed by atoms with Gasteiger partial charge in [-0.2, -0.15) is 0 Å². The molecule has 0 radical (unpaired) electrons. The largest absolute Gasteiger partial charge is 0.335 e. The van der Waals surface area contributed by atoms with Gasteiger partial charge in [0.05, 0.1) is 13.2 Å². The molecule has 0 saturated carbocycles. The van der Waals surface area contributed by atoms with Crippen molar-refractivity contribution in [3.8, 4) is 0 Å². The molecule has 0 atom stereocenters. The Morgan fingerprint density at radius 3 is 1.50 bits per heavy atom. The number of ether oxygens (including phenoxy) is 2. The number of rotatable bonds is 6. The van der Waals surface area contributed by atoms with Crippen LogP contribution in [-0.4, -0.2) is 6.41 Å². The molecule has 0 aliphatic carbocycles. The van der Waals surface area contributed by atoms with E-state index in [1.54, 1.807) is 0 Å². The Kier molecular flexibility index (Phi) is 4.90. The fourth-order valence-corrected chi connectivity index (χ4v) is 1.55. The van der Waals surface area contributed by atoms with Crippen LogP contribution in [0.4, 0.5) is 0 Å². The van der Waals surface area contributed by atoms with Gasteiger partial charge in [0.25, 0.3) is 0 Å². The molecule has 0 saturated heterocycles. The summed E-state index contributed by atoms with van der Waals surface area (Å²) in [6.07, 6.45) is -0.703. The van der Waals surface area contributed by atoms with Crippen LogP contribution in [0.5, 0.6) is 0 Å². The zero-order chi connectivity index (χ0) is 12.6. The van der Waals surface area contributed by atoms with Crippen molar-refractivity contribution in [2.75, 3.05) is 0 Å². The highest BCUT2D eigenvalue weighted by molar-refractivity contribution is 5.14. The third kappa shape index (κ3) is 4.30. The molecule has 0 amide bonds. The Morgan fingerprint density at radius 2 is 1.11 bits per heavy atom. The van der Waals surface area contributed by atoms with Crippen LogP contribution in [-0.2, 0) is 22.7 Å².